The molecule has 4 amide bonds. The number of fused-ring (bicyclic) bond motifs is 1. The molecule has 1 atom stereocenters. The summed E-state index contributed by atoms with van der Waals surface area (Å²) in [5.74, 6) is -2.61. The Morgan fingerprint density at radius 3 is 1.39 bits per heavy atom. The number of carbonyl (C=O) groups excluding carboxylic acids is 5. The molecule has 20 heteroatoms. The fourth-order valence-electron chi connectivity index (χ4n) is 5.54. The maximum Gasteiger partial charge on any atom is 0.333 e. The molecule has 1 saturated heterocycles. The van der Waals surface area contributed by atoms with E-state index in [0.717, 1.165) is 4.90 Å². The van der Waals surface area contributed by atoms with Gasteiger partial charge in [-0.05, 0) is 25.5 Å². The van der Waals surface area contributed by atoms with Gasteiger partial charge in [0.2, 0.25) is 11.8 Å². The van der Waals surface area contributed by atoms with Crippen molar-refractivity contribution in [1.29, 1.82) is 0 Å². The number of anilines is 1. The van der Waals surface area contributed by atoms with Crippen molar-refractivity contribution in [2.75, 3.05) is 164 Å². The van der Waals surface area contributed by atoms with Crippen LogP contribution >= 0.6 is 0 Å². The van der Waals surface area contributed by atoms with Gasteiger partial charge < -0.3 is 62.2 Å². The molecule has 2 aliphatic rings. The van der Waals surface area contributed by atoms with Crippen LogP contribution in [0.5, 0.6) is 0 Å². The van der Waals surface area contributed by atoms with Crippen molar-refractivity contribution in [3.05, 3.63) is 41.5 Å². The van der Waals surface area contributed by atoms with Crippen LogP contribution in [0.4, 0.5) is 5.69 Å². The maximum absolute atomic E-state index is 13.2. The predicted octanol–water partition coefficient (Wildman–Crippen LogP) is 0.802. The monoisotopic (exact) mass is 869 g/mol. The number of nitrogens with one attached hydrogen (secondary N) is 2. The summed E-state index contributed by atoms with van der Waals surface area (Å²) in [6.45, 7) is 15.1. The van der Waals surface area contributed by atoms with E-state index in [0.29, 0.717) is 163 Å². The van der Waals surface area contributed by atoms with Crippen LogP contribution in [0.1, 0.15) is 40.5 Å². The van der Waals surface area contributed by atoms with Crippen molar-refractivity contribution in [3.63, 3.8) is 0 Å². The van der Waals surface area contributed by atoms with Crippen LogP contribution in [0, 0.1) is 0 Å². The number of hydrogen-bond donors (Lipinski definition) is 2. The molecule has 1 aromatic carbocycles. The van der Waals surface area contributed by atoms with E-state index < -0.39 is 35.6 Å². The Morgan fingerprint density at radius 2 is 1.00 bits per heavy atom. The molecule has 20 nitrogen and oxygen atoms in total. The molecule has 61 heavy (non-hydrogen) atoms. The lowest BCUT2D eigenvalue weighted by atomic mass is 10.0. The summed E-state index contributed by atoms with van der Waals surface area (Å²) < 4.78 is 65.1. The third-order valence-electron chi connectivity index (χ3n) is 8.56. The quantitative estimate of drug-likeness (QED) is 0.0404. The van der Waals surface area contributed by atoms with E-state index in [4.69, 9.17) is 56.8 Å². The molecule has 0 aliphatic carbocycles. The van der Waals surface area contributed by atoms with Crippen LogP contribution in [0.25, 0.3) is 0 Å². The van der Waals surface area contributed by atoms with Gasteiger partial charge in [0.25, 0.3) is 11.8 Å². The molecule has 0 aromatic heterocycles. The highest BCUT2D eigenvalue weighted by atomic mass is 16.6. The SMILES string of the molecule is C=C(C)C(=O)OCCOCCOCCOCCOCCOCCOCCOCCOCCOCCOCCOCCNc1cccc2c1C(=O)N(C1CCC(=O)NC1=O)C2=O. The topological polar surface area (TPSA) is 223 Å². The fourth-order valence-corrected chi connectivity index (χ4v) is 5.54. The van der Waals surface area contributed by atoms with Crippen LogP contribution in [-0.2, 0) is 71.2 Å². The number of amides is 4. The van der Waals surface area contributed by atoms with Gasteiger partial charge in [0.1, 0.15) is 12.6 Å². The third kappa shape index (κ3) is 21.6. The highest BCUT2D eigenvalue weighted by molar-refractivity contribution is 6.25. The van der Waals surface area contributed by atoms with Crippen molar-refractivity contribution in [2.24, 2.45) is 0 Å². The summed E-state index contributed by atoms with van der Waals surface area (Å²) >= 11 is 0. The predicted molar refractivity (Wildman–Crippen MR) is 216 cm³/mol. The van der Waals surface area contributed by atoms with E-state index in [2.05, 4.69) is 17.2 Å². The van der Waals surface area contributed by atoms with E-state index in [1.165, 1.54) is 0 Å². The largest absolute Gasteiger partial charge is 0.460 e. The van der Waals surface area contributed by atoms with Crippen molar-refractivity contribution < 1.29 is 80.8 Å². The highest BCUT2D eigenvalue weighted by Gasteiger charge is 2.45. The van der Waals surface area contributed by atoms with Crippen LogP contribution in [-0.4, -0.2) is 199 Å². The Hall–Kier alpha value is -3.93. The molecule has 1 fully saturated rings. The summed E-state index contributed by atoms with van der Waals surface area (Å²) in [6.07, 6.45) is 0.160. The number of carbonyl (C=O) groups is 5. The van der Waals surface area contributed by atoms with Crippen molar-refractivity contribution in [1.82, 2.24) is 10.2 Å². The van der Waals surface area contributed by atoms with Gasteiger partial charge in [-0.15, -0.1) is 0 Å². The smallest absolute Gasteiger partial charge is 0.333 e. The molecule has 0 saturated carbocycles. The normalized spacial score (nSPS) is 15.0. The van der Waals surface area contributed by atoms with Crippen LogP contribution < -0.4 is 10.6 Å². The summed E-state index contributed by atoms with van der Waals surface area (Å²) in [5.41, 5.74) is 1.25. The van der Waals surface area contributed by atoms with Gasteiger partial charge in [0.15, 0.2) is 0 Å². The molecule has 0 bridgehead atoms. The van der Waals surface area contributed by atoms with Crippen LogP contribution in [0.2, 0.25) is 0 Å². The molecule has 0 radical (unpaired) electrons. The summed E-state index contributed by atoms with van der Waals surface area (Å²) in [7, 11) is 0. The minimum atomic E-state index is -1.02. The second-order valence-corrected chi connectivity index (χ2v) is 13.3. The lowest BCUT2D eigenvalue weighted by molar-refractivity contribution is -0.140. The zero-order valence-electron chi connectivity index (χ0n) is 35.3. The number of esters is 1. The van der Waals surface area contributed by atoms with Crippen LogP contribution in [0.3, 0.4) is 0 Å². The lowest BCUT2D eigenvalue weighted by Gasteiger charge is -2.27. The molecular formula is C41H63N3O17. The van der Waals surface area contributed by atoms with Gasteiger partial charge in [-0.2, -0.15) is 0 Å². The van der Waals surface area contributed by atoms with E-state index in [-0.39, 0.29) is 30.6 Å². The van der Waals surface area contributed by atoms with Gasteiger partial charge in [-0.1, -0.05) is 12.6 Å². The van der Waals surface area contributed by atoms with Gasteiger partial charge in [0, 0.05) is 24.2 Å². The highest BCUT2D eigenvalue weighted by Crippen LogP contribution is 2.32. The average molecular weight is 870 g/mol. The number of benzene rings is 1. The van der Waals surface area contributed by atoms with Gasteiger partial charge in [-0.25, -0.2) is 4.79 Å². The van der Waals surface area contributed by atoms with E-state index in [1.807, 2.05) is 0 Å². The minimum absolute atomic E-state index is 0.0613. The molecule has 1 aromatic rings. The standard InChI is InChI=1S/C41H63N3O17/c1-32(2)41(49)61-31-30-60-29-28-59-27-26-58-25-24-57-23-22-56-21-20-55-19-18-54-17-16-53-15-14-52-13-12-51-11-10-50-9-8-42-34-5-3-4-33-37(34)40(48)44(39(33)47)35-6-7-36(45)43-38(35)46/h3-5,35,42H,1,6-31H2,2H3,(H,43,45,46). The number of hydrogen-bond acceptors (Lipinski definition) is 18. The van der Waals surface area contributed by atoms with Crippen LogP contribution in [0.15, 0.2) is 30.4 Å². The molecule has 2 N–H and O–H groups in total. The molecule has 2 heterocycles. The molecular weight excluding hydrogens is 806 g/mol. The second-order valence-electron chi connectivity index (χ2n) is 13.3. The summed E-state index contributed by atoms with van der Waals surface area (Å²) in [5, 5.41) is 5.33. The number of imide groups is 2. The van der Waals surface area contributed by atoms with E-state index >= 15 is 0 Å². The summed E-state index contributed by atoms with van der Waals surface area (Å²) in [6, 6.07) is 3.89. The number of nitrogens with zero attached hydrogens (tertiary/aromatic N) is 1. The first kappa shape index (κ1) is 51.4. The Labute approximate surface area is 357 Å². The molecule has 0 spiro atoms. The maximum atomic E-state index is 13.2. The van der Waals surface area contributed by atoms with E-state index in [9.17, 15) is 24.0 Å². The van der Waals surface area contributed by atoms with E-state index in [1.54, 1.807) is 25.1 Å². The first-order valence-corrected chi connectivity index (χ1v) is 20.6. The fraction of sp³-hybridized carbons (Fsp3) is 0.683. The number of ether oxygens (including phenoxy) is 12. The molecule has 3 rings (SSSR count). The summed E-state index contributed by atoms with van der Waals surface area (Å²) in [4.78, 5) is 62.1. The molecule has 1 unspecified atom stereocenters. The third-order valence-corrected chi connectivity index (χ3v) is 8.56. The minimum Gasteiger partial charge on any atom is -0.460 e. The van der Waals surface area contributed by atoms with Gasteiger partial charge in [-0.3, -0.25) is 29.4 Å². The van der Waals surface area contributed by atoms with Crippen molar-refractivity contribution in [2.45, 2.75) is 25.8 Å². The Bertz CT molecular complexity index is 1460. The first-order chi connectivity index (χ1) is 29.8. The zero-order valence-corrected chi connectivity index (χ0v) is 35.3. The Morgan fingerprint density at radius 1 is 0.607 bits per heavy atom. The lowest BCUT2D eigenvalue weighted by Crippen LogP contribution is -2.54. The zero-order chi connectivity index (χ0) is 43.8. The van der Waals surface area contributed by atoms with Crippen molar-refractivity contribution in [3.8, 4) is 0 Å². The second kappa shape index (κ2) is 32.7. The number of piperidine rings is 1. The first-order valence-electron chi connectivity index (χ1n) is 20.6. The average Bonchev–Trinajstić information content (AvgIpc) is 3.50. The molecule has 2 aliphatic heterocycles. The Kier molecular flexibility index (Phi) is 27.6. The molecule has 344 valence electrons. The number of rotatable bonds is 39. The van der Waals surface area contributed by atoms with Gasteiger partial charge in [0.05, 0.1) is 156 Å². The van der Waals surface area contributed by atoms with Gasteiger partial charge >= 0.3 is 5.97 Å². The van der Waals surface area contributed by atoms with Crippen molar-refractivity contribution >= 4 is 35.3 Å². The Balaban J connectivity index is 0.975.